The summed E-state index contributed by atoms with van der Waals surface area (Å²) < 4.78 is 4.93. The van der Waals surface area contributed by atoms with E-state index in [-0.39, 0.29) is 11.8 Å². The Morgan fingerprint density at radius 1 is 1.27 bits per heavy atom. The van der Waals surface area contributed by atoms with Crippen molar-refractivity contribution in [2.75, 3.05) is 11.9 Å². The average Bonchev–Trinajstić information content (AvgIpc) is 3.22. The number of benzene rings is 1. The Morgan fingerprint density at radius 2 is 2.08 bits per heavy atom. The molecular formula is C19H20N4O3. The number of hydrogen-bond donors (Lipinski definition) is 3. The number of aryl methyl sites for hydroxylation is 1. The first-order valence-electron chi connectivity index (χ1n) is 8.66. The fourth-order valence-electron chi connectivity index (χ4n) is 3.16. The molecule has 134 valence electrons. The van der Waals surface area contributed by atoms with Gasteiger partial charge in [-0.2, -0.15) is 0 Å². The second-order valence-electron chi connectivity index (χ2n) is 6.72. The molecule has 1 fully saturated rings. The smallest absolute Gasteiger partial charge is 0.241 e. The number of hydrogen-bond acceptors (Lipinski definition) is 4. The predicted molar refractivity (Wildman–Crippen MR) is 96.5 cm³/mol. The van der Waals surface area contributed by atoms with Crippen LogP contribution in [-0.2, 0) is 16.0 Å². The highest BCUT2D eigenvalue weighted by Gasteiger charge is 2.56. The zero-order valence-electron chi connectivity index (χ0n) is 14.5. The molecule has 2 aromatic heterocycles. The molecule has 1 aliphatic carbocycles. The van der Waals surface area contributed by atoms with Crippen LogP contribution < -0.4 is 10.6 Å². The van der Waals surface area contributed by atoms with E-state index in [1.54, 1.807) is 13.0 Å². The van der Waals surface area contributed by atoms with Crippen LogP contribution in [0.15, 0.2) is 41.1 Å². The number of H-pyrrole nitrogens is 1. The number of amides is 2. The van der Waals surface area contributed by atoms with Crippen LogP contribution in [0.2, 0.25) is 0 Å². The number of carbonyl (C=O) groups is 2. The number of aromatic nitrogens is 2. The van der Waals surface area contributed by atoms with E-state index < -0.39 is 5.41 Å². The van der Waals surface area contributed by atoms with Gasteiger partial charge in [0.25, 0.3) is 0 Å². The minimum absolute atomic E-state index is 0.227. The van der Waals surface area contributed by atoms with E-state index >= 15 is 0 Å². The Kier molecular flexibility index (Phi) is 3.99. The lowest BCUT2D eigenvalue weighted by atomic mass is 10.0. The highest BCUT2D eigenvalue weighted by molar-refractivity contribution is 6.12. The van der Waals surface area contributed by atoms with E-state index in [1.807, 2.05) is 24.4 Å². The first-order valence-corrected chi connectivity index (χ1v) is 8.66. The number of aromatic amines is 1. The molecule has 1 aromatic carbocycles. The van der Waals surface area contributed by atoms with E-state index in [1.165, 1.54) is 0 Å². The Labute approximate surface area is 150 Å². The van der Waals surface area contributed by atoms with Crippen molar-refractivity contribution in [3.63, 3.8) is 0 Å². The van der Waals surface area contributed by atoms with Gasteiger partial charge in [-0.25, -0.2) is 0 Å². The highest BCUT2D eigenvalue weighted by atomic mass is 16.5. The van der Waals surface area contributed by atoms with Crippen LogP contribution in [0.3, 0.4) is 0 Å². The lowest BCUT2D eigenvalue weighted by Gasteiger charge is -2.14. The van der Waals surface area contributed by atoms with E-state index in [4.69, 9.17) is 4.52 Å². The highest BCUT2D eigenvalue weighted by Crippen LogP contribution is 2.46. The Hall–Kier alpha value is -3.09. The van der Waals surface area contributed by atoms with Gasteiger partial charge in [-0.1, -0.05) is 23.4 Å². The fourth-order valence-corrected chi connectivity index (χ4v) is 3.16. The lowest BCUT2D eigenvalue weighted by Crippen LogP contribution is -2.40. The summed E-state index contributed by atoms with van der Waals surface area (Å²) in [5, 5.41) is 10.5. The third-order valence-electron chi connectivity index (χ3n) is 4.84. The summed E-state index contributed by atoms with van der Waals surface area (Å²) >= 11 is 0. The zero-order chi connectivity index (χ0) is 18.1. The molecule has 26 heavy (non-hydrogen) atoms. The third-order valence-corrected chi connectivity index (χ3v) is 4.84. The summed E-state index contributed by atoms with van der Waals surface area (Å²) in [5.41, 5.74) is 1.25. The van der Waals surface area contributed by atoms with Gasteiger partial charge in [0.15, 0.2) is 5.82 Å². The van der Waals surface area contributed by atoms with Gasteiger partial charge >= 0.3 is 0 Å². The monoisotopic (exact) mass is 352 g/mol. The van der Waals surface area contributed by atoms with E-state index in [9.17, 15) is 9.59 Å². The topological polar surface area (TPSA) is 100 Å². The van der Waals surface area contributed by atoms with Crippen molar-refractivity contribution in [1.82, 2.24) is 15.5 Å². The molecule has 0 radical (unpaired) electrons. The maximum atomic E-state index is 12.5. The normalized spacial score (nSPS) is 15.0. The van der Waals surface area contributed by atoms with Crippen LogP contribution in [0, 0.1) is 12.3 Å². The van der Waals surface area contributed by atoms with Gasteiger partial charge in [0.1, 0.15) is 11.2 Å². The van der Waals surface area contributed by atoms with Gasteiger partial charge in [0.2, 0.25) is 11.8 Å². The van der Waals surface area contributed by atoms with Crippen LogP contribution in [0.25, 0.3) is 10.9 Å². The number of para-hydroxylation sites is 1. The number of nitrogens with one attached hydrogen (secondary N) is 3. The Balaban J connectivity index is 1.35. The van der Waals surface area contributed by atoms with Crippen LogP contribution in [0.4, 0.5) is 5.82 Å². The molecule has 0 saturated heterocycles. The third kappa shape index (κ3) is 2.96. The Bertz CT molecular complexity index is 968. The first kappa shape index (κ1) is 16.4. The number of anilines is 1. The van der Waals surface area contributed by atoms with Gasteiger partial charge in [-0.15, -0.1) is 0 Å². The summed E-state index contributed by atoms with van der Waals surface area (Å²) in [7, 11) is 0. The fraction of sp³-hybridized carbons (Fsp3) is 0.316. The SMILES string of the molecule is Cc1cc(NC(=O)C2(C(=O)NCCc3c[nH]c4ccccc34)CC2)no1. The van der Waals surface area contributed by atoms with E-state index in [2.05, 4.69) is 26.8 Å². The van der Waals surface area contributed by atoms with Crippen molar-refractivity contribution in [1.29, 1.82) is 0 Å². The second kappa shape index (κ2) is 6.33. The van der Waals surface area contributed by atoms with Crippen molar-refractivity contribution in [2.24, 2.45) is 5.41 Å². The first-order chi connectivity index (χ1) is 12.6. The van der Waals surface area contributed by atoms with Crippen molar-refractivity contribution >= 4 is 28.5 Å². The molecule has 4 rings (SSSR count). The second-order valence-corrected chi connectivity index (χ2v) is 6.72. The van der Waals surface area contributed by atoms with Gasteiger partial charge in [-0.3, -0.25) is 9.59 Å². The molecular weight excluding hydrogens is 332 g/mol. The molecule has 1 aliphatic rings. The summed E-state index contributed by atoms with van der Waals surface area (Å²) in [6.45, 7) is 2.23. The molecule has 3 N–H and O–H groups in total. The molecule has 7 heteroatoms. The molecule has 7 nitrogen and oxygen atoms in total. The minimum Gasteiger partial charge on any atom is -0.361 e. The summed E-state index contributed by atoms with van der Waals surface area (Å²) in [5.74, 6) is 0.393. The average molecular weight is 352 g/mol. The minimum atomic E-state index is -0.979. The maximum absolute atomic E-state index is 12.5. The van der Waals surface area contributed by atoms with Crippen molar-refractivity contribution in [3.8, 4) is 0 Å². The molecule has 0 aliphatic heterocycles. The standard InChI is InChI=1S/C19H20N4O3/c1-12-10-16(23-26-12)22-18(25)19(7-8-19)17(24)20-9-6-13-11-21-15-5-3-2-4-14(13)15/h2-5,10-11,21H,6-9H2,1H3,(H,20,24)(H,22,23,25). The Morgan fingerprint density at radius 3 is 2.81 bits per heavy atom. The number of carbonyl (C=O) groups excluding carboxylic acids is 2. The number of fused-ring (bicyclic) bond motifs is 1. The van der Waals surface area contributed by atoms with Crippen LogP contribution in [0.5, 0.6) is 0 Å². The van der Waals surface area contributed by atoms with Crippen LogP contribution >= 0.6 is 0 Å². The zero-order valence-corrected chi connectivity index (χ0v) is 14.5. The maximum Gasteiger partial charge on any atom is 0.241 e. The number of rotatable bonds is 6. The van der Waals surface area contributed by atoms with Crippen molar-refractivity contribution in [2.45, 2.75) is 26.2 Å². The van der Waals surface area contributed by atoms with E-state index in [0.29, 0.717) is 37.4 Å². The quantitative estimate of drug-likeness (QED) is 0.594. The summed E-state index contributed by atoms with van der Waals surface area (Å²) in [4.78, 5) is 28.2. The lowest BCUT2D eigenvalue weighted by molar-refractivity contribution is -0.134. The molecule has 0 atom stereocenters. The molecule has 1 saturated carbocycles. The molecule has 2 heterocycles. The van der Waals surface area contributed by atoms with Crippen molar-refractivity contribution < 1.29 is 14.1 Å². The van der Waals surface area contributed by atoms with Crippen molar-refractivity contribution in [3.05, 3.63) is 47.9 Å². The molecule has 3 aromatic rings. The van der Waals surface area contributed by atoms with Gasteiger partial charge in [-0.05, 0) is 37.8 Å². The van der Waals surface area contributed by atoms with E-state index in [0.717, 1.165) is 16.5 Å². The van der Waals surface area contributed by atoms with Gasteiger partial charge in [0, 0.05) is 29.7 Å². The van der Waals surface area contributed by atoms with Gasteiger partial charge < -0.3 is 20.1 Å². The summed E-state index contributed by atoms with van der Waals surface area (Å²) in [6.07, 6.45) is 3.77. The predicted octanol–water partition coefficient (Wildman–Crippen LogP) is 2.54. The largest absolute Gasteiger partial charge is 0.361 e. The van der Waals surface area contributed by atoms with Crippen LogP contribution in [0.1, 0.15) is 24.2 Å². The number of nitrogens with zero attached hydrogens (tertiary/aromatic N) is 1. The van der Waals surface area contributed by atoms with Crippen LogP contribution in [-0.4, -0.2) is 28.5 Å². The molecule has 0 bridgehead atoms. The molecule has 0 unspecified atom stereocenters. The molecule has 0 spiro atoms. The summed E-state index contributed by atoms with van der Waals surface area (Å²) in [6, 6.07) is 9.68. The van der Waals surface area contributed by atoms with Gasteiger partial charge in [0.05, 0.1) is 0 Å². The molecule has 2 amide bonds.